The van der Waals surface area contributed by atoms with Crippen LogP contribution in [0.4, 0.5) is 10.1 Å². The van der Waals surface area contributed by atoms with Gasteiger partial charge in [0.05, 0.1) is 11.1 Å². The van der Waals surface area contributed by atoms with E-state index in [1.165, 1.54) is 24.3 Å². The molecule has 0 fully saturated rings. The number of aromatic nitrogens is 2. The van der Waals surface area contributed by atoms with Gasteiger partial charge in [-0.1, -0.05) is 48.5 Å². The van der Waals surface area contributed by atoms with Gasteiger partial charge in [0.25, 0.3) is 5.56 Å². The molecule has 0 bridgehead atoms. The van der Waals surface area contributed by atoms with Crippen LogP contribution in [-0.4, -0.2) is 15.7 Å². The van der Waals surface area contributed by atoms with E-state index >= 15 is 0 Å². The summed E-state index contributed by atoms with van der Waals surface area (Å²) < 4.78 is 14.2. The van der Waals surface area contributed by atoms with Crippen LogP contribution in [0.3, 0.4) is 0 Å². The largest absolute Gasteiger partial charge is 0.324 e. The molecule has 0 unspecified atom stereocenters. The van der Waals surface area contributed by atoms with Crippen molar-refractivity contribution in [2.24, 2.45) is 0 Å². The Morgan fingerprint density at radius 1 is 0.893 bits per heavy atom. The summed E-state index contributed by atoms with van der Waals surface area (Å²) in [5.41, 5.74) is 1.59. The first kappa shape index (κ1) is 17.6. The summed E-state index contributed by atoms with van der Waals surface area (Å²) in [5, 5.41) is 8.32. The van der Waals surface area contributed by atoms with Gasteiger partial charge in [-0.3, -0.25) is 9.59 Å². The topological polar surface area (TPSA) is 64.0 Å². The van der Waals surface area contributed by atoms with E-state index in [0.29, 0.717) is 16.8 Å². The summed E-state index contributed by atoms with van der Waals surface area (Å²) in [5.74, 6) is -0.812. The van der Waals surface area contributed by atoms with Gasteiger partial charge in [0.2, 0.25) is 5.91 Å². The number of anilines is 1. The molecular weight excluding hydrogens is 357 g/mol. The highest BCUT2D eigenvalue weighted by molar-refractivity contribution is 5.94. The zero-order valence-corrected chi connectivity index (χ0v) is 14.8. The zero-order valence-electron chi connectivity index (χ0n) is 14.8. The van der Waals surface area contributed by atoms with Crippen LogP contribution in [0, 0.1) is 5.82 Å². The number of halogens is 1. The monoisotopic (exact) mass is 373 g/mol. The molecule has 0 saturated heterocycles. The summed E-state index contributed by atoms with van der Waals surface area (Å²) in [7, 11) is 0. The summed E-state index contributed by atoms with van der Waals surface area (Å²) >= 11 is 0. The molecule has 0 spiro atoms. The van der Waals surface area contributed by atoms with Gasteiger partial charge in [-0.15, -0.1) is 0 Å². The van der Waals surface area contributed by atoms with Crippen molar-refractivity contribution >= 4 is 22.4 Å². The van der Waals surface area contributed by atoms with E-state index < -0.39 is 11.7 Å². The number of hydrogen-bond donors (Lipinski definition) is 1. The molecule has 5 nitrogen and oxygen atoms in total. The molecule has 3 aromatic carbocycles. The van der Waals surface area contributed by atoms with Crippen molar-refractivity contribution in [1.29, 1.82) is 0 Å². The summed E-state index contributed by atoms with van der Waals surface area (Å²) in [6.45, 7) is -0.249. The quantitative estimate of drug-likeness (QED) is 0.591. The second-order valence-corrected chi connectivity index (χ2v) is 6.28. The number of fused-ring (bicyclic) bond motifs is 1. The van der Waals surface area contributed by atoms with Crippen molar-refractivity contribution in [3.05, 3.63) is 95.0 Å². The maximum Gasteiger partial charge on any atom is 0.275 e. The van der Waals surface area contributed by atoms with Gasteiger partial charge in [-0.25, -0.2) is 9.07 Å². The molecule has 28 heavy (non-hydrogen) atoms. The van der Waals surface area contributed by atoms with Gasteiger partial charge < -0.3 is 5.32 Å². The number of benzene rings is 3. The number of nitrogens with one attached hydrogen (secondary N) is 1. The average molecular weight is 373 g/mol. The minimum absolute atomic E-state index is 0.249. The maximum absolute atomic E-state index is 13.0. The summed E-state index contributed by atoms with van der Waals surface area (Å²) in [4.78, 5) is 25.2. The van der Waals surface area contributed by atoms with Crippen molar-refractivity contribution in [1.82, 2.24) is 9.78 Å². The lowest BCUT2D eigenvalue weighted by atomic mass is 10.1. The van der Waals surface area contributed by atoms with Crippen molar-refractivity contribution in [3.63, 3.8) is 0 Å². The van der Waals surface area contributed by atoms with E-state index in [4.69, 9.17) is 0 Å². The van der Waals surface area contributed by atoms with Crippen LogP contribution < -0.4 is 10.9 Å². The lowest BCUT2D eigenvalue weighted by Crippen LogP contribution is -2.30. The lowest BCUT2D eigenvalue weighted by Gasteiger charge is -2.11. The molecule has 6 heteroatoms. The second-order valence-electron chi connectivity index (χ2n) is 6.28. The smallest absolute Gasteiger partial charge is 0.275 e. The Morgan fingerprint density at radius 2 is 1.54 bits per heavy atom. The first-order valence-electron chi connectivity index (χ1n) is 8.72. The molecule has 1 heterocycles. The number of nitrogens with zero attached hydrogens (tertiary/aromatic N) is 2. The first-order chi connectivity index (χ1) is 13.6. The van der Waals surface area contributed by atoms with Gasteiger partial charge in [0.1, 0.15) is 12.4 Å². The van der Waals surface area contributed by atoms with Gasteiger partial charge in [0, 0.05) is 16.6 Å². The third-order valence-electron chi connectivity index (χ3n) is 4.34. The van der Waals surface area contributed by atoms with Crippen LogP contribution >= 0.6 is 0 Å². The van der Waals surface area contributed by atoms with E-state index in [2.05, 4.69) is 10.4 Å². The Hall–Kier alpha value is -3.80. The predicted octanol–water partition coefficient (Wildman–Crippen LogP) is 3.84. The molecule has 1 amide bonds. The minimum Gasteiger partial charge on any atom is -0.324 e. The van der Waals surface area contributed by atoms with Gasteiger partial charge >= 0.3 is 0 Å². The van der Waals surface area contributed by atoms with Crippen LogP contribution in [0.2, 0.25) is 0 Å². The number of rotatable bonds is 4. The highest BCUT2D eigenvalue weighted by Gasteiger charge is 2.14. The van der Waals surface area contributed by atoms with E-state index in [0.717, 1.165) is 15.6 Å². The fraction of sp³-hybridized carbons (Fsp3) is 0.0455. The fourth-order valence-corrected chi connectivity index (χ4v) is 3.02. The zero-order chi connectivity index (χ0) is 19.5. The molecule has 0 aliphatic rings. The predicted molar refractivity (Wildman–Crippen MR) is 106 cm³/mol. The van der Waals surface area contributed by atoms with Crippen LogP contribution in [0.1, 0.15) is 0 Å². The molecule has 4 rings (SSSR count). The van der Waals surface area contributed by atoms with Crippen LogP contribution in [0.5, 0.6) is 0 Å². The molecule has 4 aromatic rings. The van der Waals surface area contributed by atoms with E-state index in [1.807, 2.05) is 42.5 Å². The maximum atomic E-state index is 13.0. The summed E-state index contributed by atoms with van der Waals surface area (Å²) in [6, 6.07) is 22.1. The third kappa shape index (κ3) is 3.53. The number of amides is 1. The van der Waals surface area contributed by atoms with Crippen molar-refractivity contribution in [2.45, 2.75) is 6.54 Å². The third-order valence-corrected chi connectivity index (χ3v) is 4.34. The van der Waals surface area contributed by atoms with Gasteiger partial charge in [0.15, 0.2) is 0 Å². The highest BCUT2D eigenvalue weighted by Crippen LogP contribution is 2.24. The van der Waals surface area contributed by atoms with Gasteiger partial charge in [-0.2, -0.15) is 5.10 Å². The Balaban J connectivity index is 1.73. The van der Waals surface area contributed by atoms with Crippen molar-refractivity contribution in [3.8, 4) is 11.3 Å². The van der Waals surface area contributed by atoms with Crippen molar-refractivity contribution < 1.29 is 9.18 Å². The number of hydrogen-bond acceptors (Lipinski definition) is 3. The van der Waals surface area contributed by atoms with Crippen LogP contribution in [0.25, 0.3) is 22.0 Å². The molecule has 0 atom stereocenters. The molecule has 138 valence electrons. The standard InChI is InChI=1S/C22H16FN3O2/c23-16-10-12-17(13-11-16)24-20(27)14-26-22(28)19-9-5-4-8-18(19)21(25-26)15-6-2-1-3-7-15/h1-13H,14H2,(H,24,27). The molecule has 1 aromatic heterocycles. The molecular formula is C22H16FN3O2. The van der Waals surface area contributed by atoms with E-state index in [1.54, 1.807) is 12.1 Å². The van der Waals surface area contributed by atoms with E-state index in [-0.39, 0.29) is 12.1 Å². The number of carbonyl (C=O) groups is 1. The number of carbonyl (C=O) groups excluding carboxylic acids is 1. The minimum atomic E-state index is -0.421. The molecule has 0 radical (unpaired) electrons. The normalized spacial score (nSPS) is 10.8. The van der Waals surface area contributed by atoms with E-state index in [9.17, 15) is 14.0 Å². The molecule has 0 aliphatic carbocycles. The first-order valence-corrected chi connectivity index (χ1v) is 8.72. The van der Waals surface area contributed by atoms with Crippen molar-refractivity contribution in [2.75, 3.05) is 5.32 Å². The Kier molecular flexibility index (Phi) is 4.68. The summed E-state index contributed by atoms with van der Waals surface area (Å²) in [6.07, 6.45) is 0. The molecule has 0 aliphatic heterocycles. The lowest BCUT2D eigenvalue weighted by molar-refractivity contribution is -0.117. The Morgan fingerprint density at radius 3 is 2.25 bits per heavy atom. The van der Waals surface area contributed by atoms with Gasteiger partial charge in [-0.05, 0) is 30.3 Å². The molecule has 1 N–H and O–H groups in total. The van der Waals surface area contributed by atoms with Crippen LogP contribution in [-0.2, 0) is 11.3 Å². The second kappa shape index (κ2) is 7.44. The molecule has 0 saturated carbocycles. The Labute approximate surface area is 160 Å². The Bertz CT molecular complexity index is 1200. The SMILES string of the molecule is O=C(Cn1nc(-c2ccccc2)c2ccccc2c1=O)Nc1ccc(F)cc1. The average Bonchev–Trinajstić information content (AvgIpc) is 2.72. The van der Waals surface area contributed by atoms with Crippen LogP contribution in [0.15, 0.2) is 83.7 Å². The fourth-order valence-electron chi connectivity index (χ4n) is 3.02. The highest BCUT2D eigenvalue weighted by atomic mass is 19.1.